The molecule has 140 valence electrons. The molecule has 1 unspecified atom stereocenters. The van der Waals surface area contributed by atoms with Crippen LogP contribution in [-0.2, 0) is 11.3 Å². The Morgan fingerprint density at radius 2 is 2.04 bits per heavy atom. The first-order chi connectivity index (χ1) is 12.9. The zero-order valence-electron chi connectivity index (χ0n) is 15.0. The van der Waals surface area contributed by atoms with Crippen molar-refractivity contribution in [3.05, 3.63) is 82.0 Å². The van der Waals surface area contributed by atoms with E-state index in [9.17, 15) is 8.78 Å². The van der Waals surface area contributed by atoms with Crippen molar-refractivity contribution in [1.82, 2.24) is 0 Å². The number of halogens is 3. The average Bonchev–Trinajstić information content (AvgIpc) is 2.63. The molecule has 0 aliphatic carbocycles. The highest BCUT2D eigenvalue weighted by Gasteiger charge is 2.23. The van der Waals surface area contributed by atoms with Gasteiger partial charge in [0.25, 0.3) is 0 Å². The van der Waals surface area contributed by atoms with Gasteiger partial charge in [0.1, 0.15) is 24.4 Å². The van der Waals surface area contributed by atoms with Crippen molar-refractivity contribution in [2.24, 2.45) is 4.99 Å². The maximum atomic E-state index is 13.8. The number of anilines is 1. The molecule has 1 aliphatic heterocycles. The number of aliphatic imine (C=N–C) groups is 1. The van der Waals surface area contributed by atoms with E-state index < -0.39 is 11.6 Å². The van der Waals surface area contributed by atoms with Crippen LogP contribution in [0.1, 0.15) is 23.6 Å². The zero-order valence-corrected chi connectivity index (χ0v) is 16.6. The fourth-order valence-corrected chi connectivity index (χ4v) is 3.27. The molecular formula is C21H19BrF2N2O. The van der Waals surface area contributed by atoms with E-state index in [1.807, 2.05) is 37.1 Å². The van der Waals surface area contributed by atoms with Crippen molar-refractivity contribution in [3.8, 4) is 0 Å². The van der Waals surface area contributed by atoms with Gasteiger partial charge in [-0.2, -0.15) is 0 Å². The molecule has 1 heterocycles. The molecule has 0 radical (unpaired) electrons. The molecule has 1 aliphatic rings. The zero-order chi connectivity index (χ0) is 19.6. The highest BCUT2D eigenvalue weighted by Crippen LogP contribution is 2.29. The Hall–Kier alpha value is -2.47. The van der Waals surface area contributed by atoms with Gasteiger partial charge in [0.05, 0.1) is 4.48 Å². The van der Waals surface area contributed by atoms with Crippen LogP contribution in [-0.4, -0.2) is 12.1 Å². The van der Waals surface area contributed by atoms with Crippen LogP contribution in [0.15, 0.2) is 58.7 Å². The lowest BCUT2D eigenvalue weighted by atomic mass is 10.1. The van der Waals surface area contributed by atoms with Crippen molar-refractivity contribution in [3.63, 3.8) is 0 Å². The van der Waals surface area contributed by atoms with Gasteiger partial charge >= 0.3 is 0 Å². The molecule has 0 bridgehead atoms. The number of benzene rings is 2. The summed E-state index contributed by atoms with van der Waals surface area (Å²) in [5.41, 5.74) is 3.45. The standard InChI is InChI=1S/C21H19BrF2N2O/c1-4-15-5-8-20(13(2)9-15)26-11-18(22)21(25-14(26)3)27-12-16-6-7-17(23)10-19(16)24/h4-11,14H,1,12H2,2-3H3. The summed E-state index contributed by atoms with van der Waals surface area (Å²) in [4.78, 5) is 6.58. The lowest BCUT2D eigenvalue weighted by molar-refractivity contribution is 0.284. The molecule has 0 N–H and O–H groups in total. The van der Waals surface area contributed by atoms with E-state index in [1.165, 1.54) is 12.1 Å². The van der Waals surface area contributed by atoms with Crippen molar-refractivity contribution in [1.29, 1.82) is 0 Å². The van der Waals surface area contributed by atoms with E-state index in [4.69, 9.17) is 4.74 Å². The second-order valence-corrected chi connectivity index (χ2v) is 7.08. The molecule has 0 saturated heterocycles. The Kier molecular flexibility index (Phi) is 5.75. The van der Waals surface area contributed by atoms with Crippen LogP contribution in [0, 0.1) is 18.6 Å². The van der Waals surface area contributed by atoms with Crippen molar-refractivity contribution in [2.75, 3.05) is 4.90 Å². The number of rotatable bonds is 4. The van der Waals surface area contributed by atoms with Crippen molar-refractivity contribution < 1.29 is 13.5 Å². The number of hydrogen-bond acceptors (Lipinski definition) is 3. The fourth-order valence-electron chi connectivity index (χ4n) is 2.84. The van der Waals surface area contributed by atoms with Gasteiger partial charge < -0.3 is 9.64 Å². The van der Waals surface area contributed by atoms with E-state index in [0.717, 1.165) is 22.9 Å². The van der Waals surface area contributed by atoms with Gasteiger partial charge in [0.2, 0.25) is 5.90 Å². The SMILES string of the molecule is C=Cc1ccc(N2C=C(Br)C(OCc3ccc(F)cc3F)=NC2C)c(C)c1. The maximum absolute atomic E-state index is 13.8. The Morgan fingerprint density at radius 1 is 1.26 bits per heavy atom. The summed E-state index contributed by atoms with van der Waals surface area (Å²) in [5, 5.41) is 0. The molecule has 2 aromatic rings. The Morgan fingerprint density at radius 3 is 2.70 bits per heavy atom. The highest BCUT2D eigenvalue weighted by molar-refractivity contribution is 9.12. The molecule has 0 spiro atoms. The van der Waals surface area contributed by atoms with Crippen LogP contribution in [0.2, 0.25) is 0 Å². The predicted molar refractivity (Wildman–Crippen MR) is 109 cm³/mol. The van der Waals surface area contributed by atoms with Crippen LogP contribution < -0.4 is 4.90 Å². The Balaban J connectivity index is 1.77. The Bertz CT molecular complexity index is 940. The molecule has 0 aromatic heterocycles. The van der Waals surface area contributed by atoms with Gasteiger partial charge in [-0.1, -0.05) is 18.7 Å². The van der Waals surface area contributed by atoms with E-state index in [-0.39, 0.29) is 18.3 Å². The number of ether oxygens (including phenoxy) is 1. The summed E-state index contributed by atoms with van der Waals surface area (Å²) in [5.74, 6) is -0.878. The molecular weight excluding hydrogens is 414 g/mol. The molecule has 3 nitrogen and oxygen atoms in total. The molecule has 0 fully saturated rings. The first kappa shape index (κ1) is 19.3. The van der Waals surface area contributed by atoms with Gasteiger partial charge in [0.15, 0.2) is 0 Å². The number of hydrogen-bond donors (Lipinski definition) is 0. The minimum absolute atomic E-state index is 0.0341. The molecule has 0 saturated carbocycles. The van der Waals surface area contributed by atoms with E-state index in [0.29, 0.717) is 10.4 Å². The topological polar surface area (TPSA) is 24.8 Å². The van der Waals surface area contributed by atoms with Gasteiger partial charge in [-0.3, -0.25) is 0 Å². The Labute approximate surface area is 165 Å². The maximum Gasteiger partial charge on any atom is 0.227 e. The van der Waals surface area contributed by atoms with Crippen LogP contribution in [0.5, 0.6) is 0 Å². The fraction of sp³-hybridized carbons (Fsp3) is 0.190. The van der Waals surface area contributed by atoms with Crippen LogP contribution >= 0.6 is 15.9 Å². The molecule has 27 heavy (non-hydrogen) atoms. The summed E-state index contributed by atoms with van der Waals surface area (Å²) < 4.78 is 33.1. The predicted octanol–water partition coefficient (Wildman–Crippen LogP) is 5.93. The van der Waals surface area contributed by atoms with E-state index >= 15 is 0 Å². The first-order valence-electron chi connectivity index (χ1n) is 8.42. The minimum Gasteiger partial charge on any atom is -0.472 e. The van der Waals surface area contributed by atoms with Crippen LogP contribution in [0.3, 0.4) is 0 Å². The quantitative estimate of drug-likeness (QED) is 0.597. The van der Waals surface area contributed by atoms with Gasteiger partial charge in [-0.05, 0) is 65.2 Å². The lowest BCUT2D eigenvalue weighted by Crippen LogP contribution is -2.32. The second-order valence-electron chi connectivity index (χ2n) is 6.22. The van der Waals surface area contributed by atoms with Crippen LogP contribution in [0.4, 0.5) is 14.5 Å². The number of aryl methyl sites for hydroxylation is 1. The summed E-state index contributed by atoms with van der Waals surface area (Å²) in [7, 11) is 0. The largest absolute Gasteiger partial charge is 0.472 e. The number of nitrogens with zero attached hydrogens (tertiary/aromatic N) is 2. The monoisotopic (exact) mass is 432 g/mol. The lowest BCUT2D eigenvalue weighted by Gasteiger charge is -2.31. The third-order valence-electron chi connectivity index (χ3n) is 4.28. The first-order valence-corrected chi connectivity index (χ1v) is 9.22. The molecule has 2 aromatic carbocycles. The highest BCUT2D eigenvalue weighted by atomic mass is 79.9. The minimum atomic E-state index is -0.640. The second kappa shape index (κ2) is 8.05. The molecule has 0 amide bonds. The summed E-state index contributed by atoms with van der Waals surface area (Å²) >= 11 is 3.47. The molecule has 3 rings (SSSR count). The van der Waals surface area contributed by atoms with Crippen LogP contribution in [0.25, 0.3) is 6.08 Å². The normalized spacial score (nSPS) is 16.6. The molecule has 1 atom stereocenters. The third kappa shape index (κ3) is 4.27. The smallest absolute Gasteiger partial charge is 0.227 e. The summed E-state index contributed by atoms with van der Waals surface area (Å²) in [6, 6.07) is 9.49. The van der Waals surface area contributed by atoms with Crippen molar-refractivity contribution >= 4 is 33.6 Å². The van der Waals surface area contributed by atoms with Gasteiger partial charge in [0, 0.05) is 23.5 Å². The summed E-state index contributed by atoms with van der Waals surface area (Å²) in [6.45, 7) is 7.73. The van der Waals surface area contributed by atoms with E-state index in [1.54, 1.807) is 6.08 Å². The average molecular weight is 433 g/mol. The van der Waals surface area contributed by atoms with Gasteiger partial charge in [-0.25, -0.2) is 13.8 Å². The van der Waals surface area contributed by atoms with E-state index in [2.05, 4.69) is 33.6 Å². The third-order valence-corrected chi connectivity index (χ3v) is 4.82. The van der Waals surface area contributed by atoms with Crippen molar-refractivity contribution in [2.45, 2.75) is 26.6 Å². The molecule has 6 heteroatoms. The summed E-state index contributed by atoms with van der Waals surface area (Å²) in [6.07, 6.45) is 3.50. The van der Waals surface area contributed by atoms with Gasteiger partial charge in [-0.15, -0.1) is 0 Å².